The molecule has 0 atom stereocenters. The molecule has 2 heterocycles. The number of likely N-dealkylation sites (N-methyl/N-ethyl adjacent to an activating group) is 1. The predicted molar refractivity (Wildman–Crippen MR) is 139 cm³/mol. The number of fused-ring (bicyclic) bond motifs is 1. The highest BCUT2D eigenvalue weighted by molar-refractivity contribution is 6.32. The first-order chi connectivity index (χ1) is 16.3. The third kappa shape index (κ3) is 5.85. The molecule has 4 rings (SSSR count). The van der Waals surface area contributed by atoms with Crippen molar-refractivity contribution in [3.05, 3.63) is 58.8 Å². The number of hydrogen-bond acceptors (Lipinski definition) is 6. The molecule has 7 nitrogen and oxygen atoms in total. The van der Waals surface area contributed by atoms with E-state index in [0.29, 0.717) is 16.5 Å². The predicted octanol–water partition coefficient (Wildman–Crippen LogP) is 4.78. The molecule has 1 saturated heterocycles. The Labute approximate surface area is 205 Å². The van der Waals surface area contributed by atoms with Crippen LogP contribution in [0.25, 0.3) is 17.0 Å². The van der Waals surface area contributed by atoms with Gasteiger partial charge in [0, 0.05) is 43.3 Å². The van der Waals surface area contributed by atoms with Gasteiger partial charge in [0.15, 0.2) is 0 Å². The summed E-state index contributed by atoms with van der Waals surface area (Å²) < 4.78 is 5.64. The van der Waals surface area contributed by atoms with Crippen molar-refractivity contribution in [2.24, 2.45) is 0 Å². The number of rotatable bonds is 6. The topological polar surface area (TPSA) is 70.6 Å². The number of nitrogens with one attached hydrogen (secondary N) is 1. The van der Waals surface area contributed by atoms with Crippen LogP contribution in [0, 0.1) is 6.92 Å². The standard InChI is InChI=1S/C26H30ClN5O2/c1-17(2)34-21-8-5-19(23(27)16-21)6-10-25(33)29-20-7-9-24-22(15-20)18(3)28-26(30-24)32-13-11-31(4)12-14-32/h5-10,15-17H,11-14H2,1-4H3,(H,29,33)/b10-6+. The lowest BCUT2D eigenvalue weighted by Crippen LogP contribution is -2.45. The number of ether oxygens (including phenoxy) is 1. The zero-order chi connectivity index (χ0) is 24.2. The average Bonchev–Trinajstić information content (AvgIpc) is 2.79. The molecule has 1 N–H and O–H groups in total. The highest BCUT2D eigenvalue weighted by Crippen LogP contribution is 2.25. The smallest absolute Gasteiger partial charge is 0.248 e. The van der Waals surface area contributed by atoms with E-state index in [9.17, 15) is 4.79 Å². The number of halogens is 1. The first-order valence-corrected chi connectivity index (χ1v) is 11.8. The van der Waals surface area contributed by atoms with Crippen molar-refractivity contribution in [2.75, 3.05) is 43.4 Å². The Hall–Kier alpha value is -3.16. The number of hydrogen-bond donors (Lipinski definition) is 1. The molecule has 1 fully saturated rings. The van der Waals surface area contributed by atoms with Crippen LogP contribution in [0.3, 0.4) is 0 Å². The minimum absolute atomic E-state index is 0.0672. The van der Waals surface area contributed by atoms with E-state index in [4.69, 9.17) is 26.3 Å². The largest absolute Gasteiger partial charge is 0.491 e. The van der Waals surface area contributed by atoms with E-state index >= 15 is 0 Å². The van der Waals surface area contributed by atoms with E-state index in [0.717, 1.165) is 54.3 Å². The van der Waals surface area contributed by atoms with Gasteiger partial charge in [0.2, 0.25) is 11.9 Å². The van der Waals surface area contributed by atoms with Crippen LogP contribution in [0.1, 0.15) is 25.1 Å². The van der Waals surface area contributed by atoms with Gasteiger partial charge in [-0.25, -0.2) is 9.97 Å². The van der Waals surface area contributed by atoms with E-state index in [1.54, 1.807) is 12.1 Å². The molecule has 1 amide bonds. The van der Waals surface area contributed by atoms with Gasteiger partial charge in [-0.05, 0) is 75.9 Å². The molecule has 178 valence electrons. The number of aromatic nitrogens is 2. The van der Waals surface area contributed by atoms with Gasteiger partial charge in [-0.15, -0.1) is 0 Å². The highest BCUT2D eigenvalue weighted by Gasteiger charge is 2.18. The fourth-order valence-electron chi connectivity index (χ4n) is 3.83. The summed E-state index contributed by atoms with van der Waals surface area (Å²) in [5, 5.41) is 4.35. The molecule has 0 spiro atoms. The lowest BCUT2D eigenvalue weighted by molar-refractivity contribution is -0.111. The van der Waals surface area contributed by atoms with E-state index in [1.807, 2.05) is 51.1 Å². The molecular formula is C26H30ClN5O2. The molecule has 0 bridgehead atoms. The maximum Gasteiger partial charge on any atom is 0.248 e. The van der Waals surface area contributed by atoms with Crippen molar-refractivity contribution >= 4 is 46.1 Å². The Morgan fingerprint density at radius 1 is 1.12 bits per heavy atom. The minimum atomic E-state index is -0.245. The summed E-state index contributed by atoms with van der Waals surface area (Å²) in [5.41, 5.74) is 3.19. The van der Waals surface area contributed by atoms with Crippen molar-refractivity contribution in [1.82, 2.24) is 14.9 Å². The number of amides is 1. The first kappa shape index (κ1) is 24.0. The monoisotopic (exact) mass is 479 g/mol. The second kappa shape index (κ2) is 10.4. The second-order valence-electron chi connectivity index (χ2n) is 8.80. The van der Waals surface area contributed by atoms with Gasteiger partial charge in [-0.2, -0.15) is 0 Å². The summed E-state index contributed by atoms with van der Waals surface area (Å²) in [6, 6.07) is 11.1. The van der Waals surface area contributed by atoms with Gasteiger partial charge in [-0.1, -0.05) is 11.6 Å². The molecule has 0 unspecified atom stereocenters. The highest BCUT2D eigenvalue weighted by atomic mass is 35.5. The lowest BCUT2D eigenvalue weighted by Gasteiger charge is -2.32. The number of piperazine rings is 1. The zero-order valence-electron chi connectivity index (χ0n) is 20.0. The van der Waals surface area contributed by atoms with Gasteiger partial charge < -0.3 is 19.9 Å². The Kier molecular flexibility index (Phi) is 7.34. The van der Waals surface area contributed by atoms with E-state index in [-0.39, 0.29) is 12.0 Å². The number of anilines is 2. The van der Waals surface area contributed by atoms with Crippen molar-refractivity contribution in [2.45, 2.75) is 26.9 Å². The van der Waals surface area contributed by atoms with Gasteiger partial charge >= 0.3 is 0 Å². The Bertz CT molecular complexity index is 1220. The second-order valence-corrected chi connectivity index (χ2v) is 9.21. The third-order valence-electron chi connectivity index (χ3n) is 5.69. The van der Waals surface area contributed by atoms with Gasteiger partial charge in [0.05, 0.1) is 22.3 Å². The maximum atomic E-state index is 12.5. The average molecular weight is 480 g/mol. The molecule has 0 radical (unpaired) electrons. The van der Waals surface area contributed by atoms with Crippen LogP contribution >= 0.6 is 11.6 Å². The fourth-order valence-corrected chi connectivity index (χ4v) is 4.06. The summed E-state index contributed by atoms with van der Waals surface area (Å²) in [6.07, 6.45) is 3.22. The molecule has 1 aliphatic heterocycles. The Morgan fingerprint density at radius 3 is 2.59 bits per heavy atom. The molecule has 0 saturated carbocycles. The van der Waals surface area contributed by atoms with Crippen LogP contribution in [0.5, 0.6) is 5.75 Å². The van der Waals surface area contributed by atoms with Gasteiger partial charge in [0.25, 0.3) is 0 Å². The Morgan fingerprint density at radius 2 is 1.88 bits per heavy atom. The summed E-state index contributed by atoms with van der Waals surface area (Å²) >= 11 is 6.33. The molecule has 0 aliphatic carbocycles. The first-order valence-electron chi connectivity index (χ1n) is 11.5. The van der Waals surface area contributed by atoms with E-state index < -0.39 is 0 Å². The molecule has 3 aromatic rings. The molecular weight excluding hydrogens is 450 g/mol. The number of benzene rings is 2. The fraction of sp³-hybridized carbons (Fsp3) is 0.346. The SMILES string of the molecule is Cc1nc(N2CCN(C)CC2)nc2ccc(NC(=O)/C=C/c3ccc(OC(C)C)cc3Cl)cc12. The van der Waals surface area contributed by atoms with Crippen molar-refractivity contribution in [1.29, 1.82) is 0 Å². The van der Waals surface area contributed by atoms with Gasteiger partial charge in [-0.3, -0.25) is 4.79 Å². The van der Waals surface area contributed by atoms with Crippen LogP contribution in [-0.4, -0.2) is 60.1 Å². The third-order valence-corrected chi connectivity index (χ3v) is 6.01. The molecule has 2 aromatic carbocycles. The lowest BCUT2D eigenvalue weighted by atomic mass is 10.1. The number of nitrogens with zero attached hydrogens (tertiary/aromatic N) is 4. The van der Waals surface area contributed by atoms with E-state index in [2.05, 4.69) is 22.2 Å². The van der Waals surface area contributed by atoms with E-state index in [1.165, 1.54) is 6.08 Å². The van der Waals surface area contributed by atoms with Crippen molar-refractivity contribution in [3.63, 3.8) is 0 Å². The molecule has 1 aromatic heterocycles. The van der Waals surface area contributed by atoms with Crippen LogP contribution in [0.2, 0.25) is 5.02 Å². The number of carbonyl (C=O) groups excluding carboxylic acids is 1. The summed E-state index contributed by atoms with van der Waals surface area (Å²) in [7, 11) is 2.13. The van der Waals surface area contributed by atoms with Gasteiger partial charge in [0.1, 0.15) is 5.75 Å². The summed E-state index contributed by atoms with van der Waals surface area (Å²) in [4.78, 5) is 26.5. The zero-order valence-corrected chi connectivity index (χ0v) is 20.8. The van der Waals surface area contributed by atoms with Crippen molar-refractivity contribution in [3.8, 4) is 5.75 Å². The van der Waals surface area contributed by atoms with Crippen LogP contribution < -0.4 is 15.0 Å². The Balaban J connectivity index is 1.45. The summed E-state index contributed by atoms with van der Waals surface area (Å²) in [5.74, 6) is 1.22. The maximum absolute atomic E-state index is 12.5. The molecule has 8 heteroatoms. The minimum Gasteiger partial charge on any atom is -0.491 e. The normalized spacial score (nSPS) is 14.8. The number of aryl methyl sites for hydroxylation is 1. The van der Waals surface area contributed by atoms with Crippen LogP contribution in [0.15, 0.2) is 42.5 Å². The number of carbonyl (C=O) groups is 1. The van der Waals surface area contributed by atoms with Crippen LogP contribution in [-0.2, 0) is 4.79 Å². The molecule has 1 aliphatic rings. The van der Waals surface area contributed by atoms with Crippen LogP contribution in [0.4, 0.5) is 11.6 Å². The molecule has 34 heavy (non-hydrogen) atoms. The quantitative estimate of drug-likeness (QED) is 0.513. The van der Waals surface area contributed by atoms with Crippen molar-refractivity contribution < 1.29 is 9.53 Å². The summed E-state index contributed by atoms with van der Waals surface area (Å²) in [6.45, 7) is 9.72.